The Morgan fingerprint density at radius 3 is 2.80 bits per heavy atom. The second kappa shape index (κ2) is 9.49. The third-order valence-corrected chi connectivity index (χ3v) is 6.47. The molecule has 156 valence electrons. The maximum Gasteiger partial charge on any atom is 0.217 e. The first-order valence-corrected chi connectivity index (χ1v) is 11.2. The summed E-state index contributed by atoms with van der Waals surface area (Å²) in [5.74, 6) is 0.116. The van der Waals surface area contributed by atoms with Crippen LogP contribution in [-0.2, 0) is 11.3 Å². The monoisotopic (exact) mass is 423 g/mol. The number of aromatic nitrogens is 1. The van der Waals surface area contributed by atoms with Crippen molar-refractivity contribution in [3.8, 4) is 11.1 Å². The van der Waals surface area contributed by atoms with Gasteiger partial charge in [0.05, 0.1) is 6.04 Å². The van der Waals surface area contributed by atoms with E-state index in [-0.39, 0.29) is 17.8 Å². The van der Waals surface area contributed by atoms with Gasteiger partial charge in [-0.3, -0.25) is 9.69 Å². The SMILES string of the molecule is CC(=O)N[C@@H](c1nccs1)[C@H]1CCCN(Cc2ccc(-c3cccc(F)c3)cc2)C1. The van der Waals surface area contributed by atoms with Crippen molar-refractivity contribution in [1.82, 2.24) is 15.2 Å². The summed E-state index contributed by atoms with van der Waals surface area (Å²) in [6.45, 7) is 4.41. The van der Waals surface area contributed by atoms with E-state index in [0.717, 1.165) is 48.6 Å². The van der Waals surface area contributed by atoms with E-state index in [9.17, 15) is 9.18 Å². The molecule has 6 heteroatoms. The number of thiazole rings is 1. The Bertz CT molecular complexity index is 974. The van der Waals surface area contributed by atoms with Crippen LogP contribution in [-0.4, -0.2) is 28.9 Å². The minimum absolute atomic E-state index is 0.0136. The van der Waals surface area contributed by atoms with Gasteiger partial charge in [0.15, 0.2) is 0 Å². The molecule has 1 aliphatic rings. The summed E-state index contributed by atoms with van der Waals surface area (Å²) in [7, 11) is 0. The molecule has 2 aromatic carbocycles. The van der Waals surface area contributed by atoms with Crippen molar-refractivity contribution < 1.29 is 9.18 Å². The van der Waals surface area contributed by atoms with Crippen molar-refractivity contribution >= 4 is 17.2 Å². The van der Waals surface area contributed by atoms with Crippen molar-refractivity contribution in [3.05, 3.63) is 76.5 Å². The van der Waals surface area contributed by atoms with Gasteiger partial charge in [-0.05, 0) is 54.1 Å². The molecule has 0 bridgehead atoms. The standard InChI is InChI=1S/C24H26FN3OS/c1-17(29)27-23(24-26-11-13-30-24)21-5-3-12-28(16-21)15-18-7-9-19(10-8-18)20-4-2-6-22(25)14-20/h2,4,6-11,13-14,21,23H,3,5,12,15-16H2,1H3,(H,27,29)/t21-,23+/m0/s1. The maximum absolute atomic E-state index is 13.5. The average Bonchev–Trinajstić information content (AvgIpc) is 3.27. The van der Waals surface area contributed by atoms with Crippen LogP contribution >= 0.6 is 11.3 Å². The van der Waals surface area contributed by atoms with Gasteiger partial charge in [-0.15, -0.1) is 11.3 Å². The number of hydrogen-bond acceptors (Lipinski definition) is 4. The molecule has 2 atom stereocenters. The lowest BCUT2D eigenvalue weighted by Crippen LogP contribution is -2.42. The number of carbonyl (C=O) groups is 1. The lowest BCUT2D eigenvalue weighted by atomic mass is 9.90. The van der Waals surface area contributed by atoms with E-state index in [1.807, 2.05) is 11.4 Å². The summed E-state index contributed by atoms with van der Waals surface area (Å²) < 4.78 is 13.5. The summed E-state index contributed by atoms with van der Waals surface area (Å²) in [5.41, 5.74) is 3.14. The number of rotatable bonds is 6. The van der Waals surface area contributed by atoms with E-state index in [1.54, 1.807) is 36.6 Å². The molecule has 4 rings (SSSR count). The average molecular weight is 424 g/mol. The maximum atomic E-state index is 13.5. The minimum atomic E-state index is -0.218. The second-order valence-corrected chi connectivity index (χ2v) is 8.82. The largest absolute Gasteiger partial charge is 0.347 e. The molecular formula is C24H26FN3OS. The number of benzene rings is 2. The van der Waals surface area contributed by atoms with Gasteiger partial charge in [-0.1, -0.05) is 36.4 Å². The van der Waals surface area contributed by atoms with Crippen LogP contribution in [0.2, 0.25) is 0 Å². The normalized spacial score (nSPS) is 18.1. The third-order valence-electron chi connectivity index (χ3n) is 5.61. The van der Waals surface area contributed by atoms with Crippen LogP contribution in [0.25, 0.3) is 11.1 Å². The molecule has 1 fully saturated rings. The van der Waals surface area contributed by atoms with E-state index in [4.69, 9.17) is 0 Å². The van der Waals surface area contributed by atoms with Crippen molar-refractivity contribution in [2.24, 2.45) is 5.92 Å². The highest BCUT2D eigenvalue weighted by molar-refractivity contribution is 7.09. The van der Waals surface area contributed by atoms with Gasteiger partial charge >= 0.3 is 0 Å². The van der Waals surface area contributed by atoms with Gasteiger partial charge in [-0.25, -0.2) is 9.37 Å². The summed E-state index contributed by atoms with van der Waals surface area (Å²) in [4.78, 5) is 18.7. The Balaban J connectivity index is 1.43. The molecule has 1 saturated heterocycles. The molecule has 3 aromatic rings. The number of nitrogens with one attached hydrogen (secondary N) is 1. The molecule has 2 heterocycles. The van der Waals surface area contributed by atoms with Gasteiger partial charge in [0.2, 0.25) is 5.91 Å². The lowest BCUT2D eigenvalue weighted by Gasteiger charge is -2.36. The first-order chi connectivity index (χ1) is 14.6. The Hall–Kier alpha value is -2.57. The summed E-state index contributed by atoms with van der Waals surface area (Å²) in [5, 5.41) is 6.06. The van der Waals surface area contributed by atoms with Crippen molar-refractivity contribution in [1.29, 1.82) is 0 Å². The topological polar surface area (TPSA) is 45.2 Å². The van der Waals surface area contributed by atoms with Crippen LogP contribution < -0.4 is 5.32 Å². The van der Waals surface area contributed by atoms with Gasteiger partial charge in [-0.2, -0.15) is 0 Å². The Labute approximate surface area is 180 Å². The predicted octanol–water partition coefficient (Wildman–Crippen LogP) is 5.04. The third kappa shape index (κ3) is 5.12. The molecule has 1 aromatic heterocycles. The fraction of sp³-hybridized carbons (Fsp3) is 0.333. The summed E-state index contributed by atoms with van der Waals surface area (Å²) in [6, 6.07) is 15.0. The summed E-state index contributed by atoms with van der Waals surface area (Å²) in [6.07, 6.45) is 3.99. The van der Waals surface area contributed by atoms with E-state index in [2.05, 4.69) is 39.5 Å². The van der Waals surface area contributed by atoms with Gasteiger partial charge in [0.1, 0.15) is 10.8 Å². The van der Waals surface area contributed by atoms with E-state index < -0.39 is 0 Å². The lowest BCUT2D eigenvalue weighted by molar-refractivity contribution is -0.120. The zero-order valence-corrected chi connectivity index (χ0v) is 17.9. The van der Waals surface area contributed by atoms with Crippen molar-refractivity contribution in [2.45, 2.75) is 32.4 Å². The van der Waals surface area contributed by atoms with Crippen molar-refractivity contribution in [3.63, 3.8) is 0 Å². The molecule has 4 nitrogen and oxygen atoms in total. The Morgan fingerprint density at radius 2 is 2.10 bits per heavy atom. The number of hydrogen-bond donors (Lipinski definition) is 1. The van der Waals surface area contributed by atoms with E-state index in [1.165, 1.54) is 11.6 Å². The molecule has 0 unspecified atom stereocenters. The highest BCUT2D eigenvalue weighted by atomic mass is 32.1. The van der Waals surface area contributed by atoms with Crippen LogP contribution in [0.3, 0.4) is 0 Å². The number of likely N-dealkylation sites (tertiary alicyclic amines) is 1. The molecule has 0 saturated carbocycles. The minimum Gasteiger partial charge on any atom is -0.347 e. The zero-order chi connectivity index (χ0) is 20.9. The number of piperidine rings is 1. The van der Waals surface area contributed by atoms with Gasteiger partial charge < -0.3 is 5.32 Å². The Kier molecular flexibility index (Phi) is 6.55. The van der Waals surface area contributed by atoms with E-state index >= 15 is 0 Å². The second-order valence-electron chi connectivity index (χ2n) is 7.89. The van der Waals surface area contributed by atoms with Crippen LogP contribution in [0.4, 0.5) is 4.39 Å². The van der Waals surface area contributed by atoms with Crippen LogP contribution in [0.1, 0.15) is 36.4 Å². The molecular weight excluding hydrogens is 397 g/mol. The highest BCUT2D eigenvalue weighted by Crippen LogP contribution is 2.31. The number of halogens is 1. The van der Waals surface area contributed by atoms with Crippen molar-refractivity contribution in [2.75, 3.05) is 13.1 Å². The fourth-order valence-corrected chi connectivity index (χ4v) is 5.00. The Morgan fingerprint density at radius 1 is 1.27 bits per heavy atom. The summed E-state index contributed by atoms with van der Waals surface area (Å²) >= 11 is 1.60. The predicted molar refractivity (Wildman–Crippen MR) is 119 cm³/mol. The number of amides is 1. The van der Waals surface area contributed by atoms with Crippen LogP contribution in [0.5, 0.6) is 0 Å². The van der Waals surface area contributed by atoms with E-state index in [0.29, 0.717) is 5.92 Å². The molecule has 1 amide bonds. The van der Waals surface area contributed by atoms with Crippen LogP contribution in [0, 0.1) is 11.7 Å². The molecule has 30 heavy (non-hydrogen) atoms. The fourth-order valence-electron chi connectivity index (χ4n) is 4.22. The van der Waals surface area contributed by atoms with Gasteiger partial charge in [0.25, 0.3) is 0 Å². The quantitative estimate of drug-likeness (QED) is 0.604. The first kappa shape index (κ1) is 20.7. The van der Waals surface area contributed by atoms with Crippen LogP contribution in [0.15, 0.2) is 60.1 Å². The molecule has 1 aliphatic heterocycles. The molecule has 0 spiro atoms. The number of nitrogens with zero attached hydrogens (tertiary/aromatic N) is 2. The highest BCUT2D eigenvalue weighted by Gasteiger charge is 2.30. The van der Waals surface area contributed by atoms with Gasteiger partial charge in [0, 0.05) is 31.6 Å². The molecule has 0 aliphatic carbocycles. The molecule has 0 radical (unpaired) electrons. The molecule has 1 N–H and O–H groups in total. The smallest absolute Gasteiger partial charge is 0.217 e. The number of carbonyl (C=O) groups excluding carboxylic acids is 1. The zero-order valence-electron chi connectivity index (χ0n) is 17.1. The first-order valence-electron chi connectivity index (χ1n) is 10.3.